The molecule has 2 saturated heterocycles. The summed E-state index contributed by atoms with van der Waals surface area (Å²) in [5.41, 5.74) is 3.66. The van der Waals surface area contributed by atoms with Crippen molar-refractivity contribution in [2.75, 3.05) is 63.6 Å². The highest BCUT2D eigenvalue weighted by molar-refractivity contribution is 6.32. The van der Waals surface area contributed by atoms with Crippen LogP contribution in [0.5, 0.6) is 5.75 Å². The maximum absolute atomic E-state index is 6.38. The van der Waals surface area contributed by atoms with Crippen molar-refractivity contribution in [2.45, 2.75) is 18.9 Å². The standard InChI is InChI=1S/C27H33ClN6O/c1-32-14-16-34(17-15-32)21-10-12-33(13-11-21)22-8-9-24(25(18-22)35-2)30-27-29-19-23(28)26(31-27)20-6-4-3-5-7-20/h3-9,18-19,21H,10-17H2,1-2H3,(H,29,30,31). The van der Waals surface area contributed by atoms with Gasteiger partial charge >= 0.3 is 0 Å². The smallest absolute Gasteiger partial charge is 0.227 e. The maximum Gasteiger partial charge on any atom is 0.227 e. The van der Waals surface area contributed by atoms with E-state index in [2.05, 4.69) is 49.2 Å². The molecule has 5 rings (SSSR count). The molecule has 1 aromatic heterocycles. The number of nitrogens with one attached hydrogen (secondary N) is 1. The second kappa shape index (κ2) is 10.8. The summed E-state index contributed by atoms with van der Waals surface area (Å²) in [7, 11) is 3.91. The average Bonchev–Trinajstić information content (AvgIpc) is 2.91. The number of hydrogen-bond acceptors (Lipinski definition) is 7. The van der Waals surface area contributed by atoms with Crippen LogP contribution in [0.2, 0.25) is 5.02 Å². The highest BCUT2D eigenvalue weighted by Gasteiger charge is 2.27. The van der Waals surface area contributed by atoms with Gasteiger partial charge in [-0.05, 0) is 32.0 Å². The van der Waals surface area contributed by atoms with Gasteiger partial charge in [0, 0.05) is 62.6 Å². The Morgan fingerprint density at radius 3 is 2.43 bits per heavy atom. The lowest BCUT2D eigenvalue weighted by atomic mass is 10.0. The molecule has 2 aliphatic rings. The predicted molar refractivity (Wildman–Crippen MR) is 143 cm³/mol. The van der Waals surface area contributed by atoms with Crippen molar-refractivity contribution >= 4 is 28.9 Å². The minimum atomic E-state index is 0.479. The summed E-state index contributed by atoms with van der Waals surface area (Å²) < 4.78 is 5.73. The van der Waals surface area contributed by atoms with Crippen LogP contribution in [0, 0.1) is 0 Å². The topological polar surface area (TPSA) is 56.8 Å². The van der Waals surface area contributed by atoms with Gasteiger partial charge in [-0.1, -0.05) is 41.9 Å². The van der Waals surface area contributed by atoms with Crippen LogP contribution in [-0.2, 0) is 0 Å². The van der Waals surface area contributed by atoms with Gasteiger partial charge in [-0.25, -0.2) is 9.97 Å². The van der Waals surface area contributed by atoms with E-state index in [0.717, 1.165) is 30.1 Å². The Bertz CT molecular complexity index is 1130. The van der Waals surface area contributed by atoms with Crippen molar-refractivity contribution in [3.8, 4) is 17.0 Å². The zero-order chi connectivity index (χ0) is 24.2. The Kier molecular flexibility index (Phi) is 7.37. The second-order valence-electron chi connectivity index (χ2n) is 9.32. The van der Waals surface area contributed by atoms with Gasteiger partial charge in [0.2, 0.25) is 5.95 Å². The Hall–Kier alpha value is -2.87. The third-order valence-corrected chi connectivity index (χ3v) is 7.38. The molecule has 2 aromatic carbocycles. The molecule has 8 heteroatoms. The first-order chi connectivity index (χ1) is 17.1. The van der Waals surface area contributed by atoms with Gasteiger partial charge in [0.25, 0.3) is 0 Å². The van der Waals surface area contributed by atoms with E-state index in [1.54, 1.807) is 13.3 Å². The molecule has 2 fully saturated rings. The number of nitrogens with zero attached hydrogens (tertiary/aromatic N) is 5. The molecule has 2 aliphatic heterocycles. The molecule has 1 N–H and O–H groups in total. The quantitative estimate of drug-likeness (QED) is 0.532. The zero-order valence-corrected chi connectivity index (χ0v) is 21.2. The third kappa shape index (κ3) is 5.53. The average molecular weight is 493 g/mol. The number of hydrogen-bond donors (Lipinski definition) is 1. The van der Waals surface area contributed by atoms with Crippen LogP contribution in [-0.4, -0.2) is 79.2 Å². The highest BCUT2D eigenvalue weighted by Crippen LogP contribution is 2.34. The van der Waals surface area contributed by atoms with Crippen molar-refractivity contribution in [1.29, 1.82) is 0 Å². The van der Waals surface area contributed by atoms with Gasteiger partial charge < -0.3 is 19.9 Å². The summed E-state index contributed by atoms with van der Waals surface area (Å²) in [6.45, 7) is 6.86. The molecule has 3 aromatic rings. The molecule has 0 saturated carbocycles. The fraction of sp³-hybridized carbons (Fsp3) is 0.407. The van der Waals surface area contributed by atoms with Crippen LogP contribution in [0.3, 0.4) is 0 Å². The van der Waals surface area contributed by atoms with Gasteiger partial charge in [-0.2, -0.15) is 0 Å². The predicted octanol–water partition coefficient (Wildman–Crippen LogP) is 4.77. The summed E-state index contributed by atoms with van der Waals surface area (Å²) >= 11 is 6.38. The van der Waals surface area contributed by atoms with Gasteiger partial charge in [0.1, 0.15) is 5.75 Å². The molecule has 184 valence electrons. The molecule has 0 aliphatic carbocycles. The van der Waals surface area contributed by atoms with E-state index in [4.69, 9.17) is 16.3 Å². The van der Waals surface area contributed by atoms with Crippen molar-refractivity contribution in [3.05, 3.63) is 59.8 Å². The van der Waals surface area contributed by atoms with Crippen LogP contribution in [0.1, 0.15) is 12.8 Å². The Morgan fingerprint density at radius 1 is 0.971 bits per heavy atom. The monoisotopic (exact) mass is 492 g/mol. The summed E-state index contributed by atoms with van der Waals surface area (Å²) in [4.78, 5) is 16.6. The van der Waals surface area contributed by atoms with Crippen LogP contribution in [0.25, 0.3) is 11.3 Å². The van der Waals surface area contributed by atoms with Crippen LogP contribution < -0.4 is 15.0 Å². The molecule has 0 radical (unpaired) electrons. The molecule has 0 bridgehead atoms. The number of halogens is 1. The van der Waals surface area contributed by atoms with Crippen molar-refractivity contribution < 1.29 is 4.74 Å². The first-order valence-electron chi connectivity index (χ1n) is 12.3. The fourth-order valence-corrected chi connectivity index (χ4v) is 5.20. The zero-order valence-electron chi connectivity index (χ0n) is 20.5. The van der Waals surface area contributed by atoms with Gasteiger partial charge in [-0.15, -0.1) is 0 Å². The lowest BCUT2D eigenvalue weighted by molar-refractivity contribution is 0.0982. The summed E-state index contributed by atoms with van der Waals surface area (Å²) in [5, 5.41) is 3.83. The van der Waals surface area contributed by atoms with Crippen LogP contribution >= 0.6 is 11.6 Å². The Balaban J connectivity index is 1.26. The summed E-state index contributed by atoms with van der Waals surface area (Å²) in [6, 6.07) is 16.9. The third-order valence-electron chi connectivity index (χ3n) is 7.11. The maximum atomic E-state index is 6.38. The number of anilines is 3. The molecule has 7 nitrogen and oxygen atoms in total. The van der Waals surface area contributed by atoms with E-state index in [9.17, 15) is 0 Å². The number of rotatable bonds is 6. The molecular weight excluding hydrogens is 460 g/mol. The first-order valence-corrected chi connectivity index (χ1v) is 12.7. The minimum Gasteiger partial charge on any atom is -0.494 e. The summed E-state index contributed by atoms with van der Waals surface area (Å²) in [6.07, 6.45) is 4.03. The fourth-order valence-electron chi connectivity index (χ4n) is 5.00. The van der Waals surface area contributed by atoms with Crippen molar-refractivity contribution in [3.63, 3.8) is 0 Å². The van der Waals surface area contributed by atoms with Crippen molar-refractivity contribution in [1.82, 2.24) is 19.8 Å². The van der Waals surface area contributed by atoms with E-state index in [1.807, 2.05) is 36.4 Å². The van der Waals surface area contributed by atoms with Crippen LogP contribution in [0.4, 0.5) is 17.3 Å². The molecule has 0 spiro atoms. The molecular formula is C27H33ClN6O. The number of likely N-dealkylation sites (N-methyl/N-ethyl adjacent to an activating group) is 1. The Morgan fingerprint density at radius 2 is 1.71 bits per heavy atom. The van der Waals surface area contributed by atoms with E-state index in [-0.39, 0.29) is 0 Å². The molecule has 3 heterocycles. The largest absolute Gasteiger partial charge is 0.494 e. The number of ether oxygens (including phenoxy) is 1. The highest BCUT2D eigenvalue weighted by atomic mass is 35.5. The number of methoxy groups -OCH3 is 1. The minimum absolute atomic E-state index is 0.479. The molecule has 0 amide bonds. The van der Waals surface area contributed by atoms with Crippen LogP contribution in [0.15, 0.2) is 54.7 Å². The van der Waals surface area contributed by atoms with E-state index < -0.39 is 0 Å². The molecule has 0 unspecified atom stereocenters. The van der Waals surface area contributed by atoms with Gasteiger partial charge in [0.15, 0.2) is 0 Å². The number of aromatic nitrogens is 2. The molecule has 0 atom stereocenters. The first kappa shape index (κ1) is 23.9. The number of benzene rings is 2. The SMILES string of the molecule is COc1cc(N2CCC(N3CCN(C)CC3)CC2)ccc1Nc1ncc(Cl)c(-c2ccccc2)n1. The van der Waals surface area contributed by atoms with Gasteiger partial charge in [0.05, 0.1) is 29.7 Å². The lowest BCUT2D eigenvalue weighted by Crippen LogP contribution is -2.52. The van der Waals surface area contributed by atoms with E-state index >= 15 is 0 Å². The summed E-state index contributed by atoms with van der Waals surface area (Å²) in [5.74, 6) is 1.25. The van der Waals surface area contributed by atoms with Gasteiger partial charge in [-0.3, -0.25) is 4.90 Å². The Labute approximate surface area is 212 Å². The second-order valence-corrected chi connectivity index (χ2v) is 9.73. The lowest BCUT2D eigenvalue weighted by Gasteiger charge is -2.42. The van der Waals surface area contributed by atoms with Crippen molar-refractivity contribution in [2.24, 2.45) is 0 Å². The normalized spacial score (nSPS) is 18.0. The van der Waals surface area contributed by atoms with E-state index in [1.165, 1.54) is 44.7 Å². The molecule has 35 heavy (non-hydrogen) atoms. The number of piperazine rings is 1. The number of piperidine rings is 1. The van der Waals surface area contributed by atoms with E-state index in [0.29, 0.717) is 22.7 Å².